The highest BCUT2D eigenvalue weighted by atomic mass is 19.1. The van der Waals surface area contributed by atoms with E-state index in [2.05, 4.69) is 10.6 Å². The Morgan fingerprint density at radius 1 is 1.38 bits per heavy atom. The highest BCUT2D eigenvalue weighted by molar-refractivity contribution is 6.06. The number of nitrogens with zero attached hydrogens (tertiary/aromatic N) is 1. The molecule has 0 aromatic heterocycles. The number of carbonyl (C=O) groups is 4. The van der Waals surface area contributed by atoms with Crippen molar-refractivity contribution >= 4 is 29.7 Å². The highest BCUT2D eigenvalue weighted by Crippen LogP contribution is 2.47. The average Bonchev–Trinajstić information content (AvgIpc) is 3.04. The van der Waals surface area contributed by atoms with Crippen molar-refractivity contribution in [1.82, 2.24) is 10.2 Å². The number of amides is 4. The SMILES string of the molecule is CCNC(=O)Nc1ccc2c(c1F)CC[C@]21OC(=O)N(CC(=O)O)C1=O. The molecule has 4 amide bonds. The molecule has 3 rings (SSSR count). The van der Waals surface area contributed by atoms with Gasteiger partial charge in [-0.25, -0.2) is 18.9 Å². The maximum Gasteiger partial charge on any atom is 0.418 e. The van der Waals surface area contributed by atoms with Crippen LogP contribution in [0.15, 0.2) is 12.1 Å². The number of carboxylic acids is 1. The summed E-state index contributed by atoms with van der Waals surface area (Å²) in [6, 6.07) is 2.11. The number of rotatable bonds is 4. The molecule has 26 heavy (non-hydrogen) atoms. The van der Waals surface area contributed by atoms with E-state index in [1.807, 2.05) is 0 Å². The van der Waals surface area contributed by atoms with Crippen LogP contribution in [0, 0.1) is 5.82 Å². The maximum atomic E-state index is 14.7. The van der Waals surface area contributed by atoms with Gasteiger partial charge in [-0.2, -0.15) is 0 Å². The zero-order valence-electron chi connectivity index (χ0n) is 13.8. The van der Waals surface area contributed by atoms with E-state index in [1.165, 1.54) is 12.1 Å². The van der Waals surface area contributed by atoms with E-state index in [0.717, 1.165) is 0 Å². The largest absolute Gasteiger partial charge is 0.480 e. The monoisotopic (exact) mass is 365 g/mol. The topological polar surface area (TPSA) is 125 Å². The molecule has 1 aliphatic carbocycles. The number of fused-ring (bicyclic) bond motifs is 2. The summed E-state index contributed by atoms with van der Waals surface area (Å²) >= 11 is 0. The second kappa shape index (κ2) is 6.28. The first kappa shape index (κ1) is 17.6. The minimum absolute atomic E-state index is 0.00452. The smallest absolute Gasteiger partial charge is 0.418 e. The number of hydrogen-bond acceptors (Lipinski definition) is 5. The number of carbonyl (C=O) groups excluding carboxylic acids is 3. The Morgan fingerprint density at radius 2 is 2.12 bits per heavy atom. The molecule has 0 radical (unpaired) electrons. The van der Waals surface area contributed by atoms with Crippen molar-refractivity contribution in [1.29, 1.82) is 0 Å². The van der Waals surface area contributed by atoms with Gasteiger partial charge in [0.05, 0.1) is 5.69 Å². The van der Waals surface area contributed by atoms with E-state index in [4.69, 9.17) is 9.84 Å². The number of benzene rings is 1. The summed E-state index contributed by atoms with van der Waals surface area (Å²) in [5, 5.41) is 13.7. The van der Waals surface area contributed by atoms with Gasteiger partial charge in [-0.3, -0.25) is 9.59 Å². The molecule has 10 heteroatoms. The first-order valence-corrected chi connectivity index (χ1v) is 7.93. The summed E-state index contributed by atoms with van der Waals surface area (Å²) < 4.78 is 19.9. The molecule has 1 fully saturated rings. The lowest BCUT2D eigenvalue weighted by molar-refractivity contribution is -0.144. The molecule has 0 saturated carbocycles. The van der Waals surface area contributed by atoms with E-state index in [1.54, 1.807) is 6.92 Å². The predicted octanol–water partition coefficient (Wildman–Crippen LogP) is 1.17. The van der Waals surface area contributed by atoms with Crippen LogP contribution < -0.4 is 10.6 Å². The van der Waals surface area contributed by atoms with Gasteiger partial charge in [0.1, 0.15) is 12.4 Å². The van der Waals surface area contributed by atoms with Crippen molar-refractivity contribution in [2.24, 2.45) is 0 Å². The Hall–Kier alpha value is -3.17. The summed E-state index contributed by atoms with van der Waals surface area (Å²) in [6.07, 6.45) is -0.966. The van der Waals surface area contributed by atoms with Crippen molar-refractivity contribution in [2.75, 3.05) is 18.4 Å². The normalized spacial score (nSPS) is 20.9. The third kappa shape index (κ3) is 2.63. The Kier molecular flexibility index (Phi) is 4.26. The lowest BCUT2D eigenvalue weighted by Gasteiger charge is -2.20. The fourth-order valence-corrected chi connectivity index (χ4v) is 3.25. The summed E-state index contributed by atoms with van der Waals surface area (Å²) in [4.78, 5) is 47.5. The van der Waals surface area contributed by atoms with Crippen LogP contribution in [0.2, 0.25) is 0 Å². The summed E-state index contributed by atoms with van der Waals surface area (Å²) in [7, 11) is 0. The van der Waals surface area contributed by atoms with Crippen molar-refractivity contribution in [3.05, 3.63) is 29.1 Å². The van der Waals surface area contributed by atoms with E-state index in [0.29, 0.717) is 11.4 Å². The van der Waals surface area contributed by atoms with E-state index >= 15 is 0 Å². The zero-order valence-corrected chi connectivity index (χ0v) is 13.8. The van der Waals surface area contributed by atoms with Gasteiger partial charge in [0, 0.05) is 18.5 Å². The van der Waals surface area contributed by atoms with Crippen molar-refractivity contribution < 1.29 is 33.4 Å². The Labute approximate surface area is 147 Å². The molecule has 1 spiro atoms. The van der Waals surface area contributed by atoms with Gasteiger partial charge in [0.2, 0.25) is 5.60 Å². The summed E-state index contributed by atoms with van der Waals surface area (Å²) in [5.74, 6) is -2.91. The van der Waals surface area contributed by atoms with E-state index < -0.39 is 42.0 Å². The minimum Gasteiger partial charge on any atom is -0.480 e. The number of carboxylic acid groups (broad SMARTS) is 1. The number of imide groups is 1. The highest BCUT2D eigenvalue weighted by Gasteiger charge is 2.59. The molecule has 0 unspecified atom stereocenters. The molecule has 9 nitrogen and oxygen atoms in total. The zero-order chi connectivity index (χ0) is 19.1. The van der Waals surface area contributed by atoms with Crippen molar-refractivity contribution in [3.8, 4) is 0 Å². The Bertz CT molecular complexity index is 826. The predicted molar refractivity (Wildman–Crippen MR) is 84.9 cm³/mol. The lowest BCUT2D eigenvalue weighted by Crippen LogP contribution is -2.39. The summed E-state index contributed by atoms with van der Waals surface area (Å²) in [5.41, 5.74) is -1.46. The molecule has 0 bridgehead atoms. The molecule has 2 aliphatic rings. The van der Waals surface area contributed by atoms with Crippen LogP contribution in [0.5, 0.6) is 0 Å². The first-order chi connectivity index (χ1) is 12.3. The van der Waals surface area contributed by atoms with Crippen LogP contribution in [0.1, 0.15) is 24.5 Å². The second-order valence-corrected chi connectivity index (χ2v) is 5.92. The van der Waals surface area contributed by atoms with E-state index in [-0.39, 0.29) is 29.7 Å². The molecule has 1 saturated heterocycles. The lowest BCUT2D eigenvalue weighted by atomic mass is 9.94. The van der Waals surface area contributed by atoms with Gasteiger partial charge in [-0.05, 0) is 25.0 Å². The first-order valence-electron chi connectivity index (χ1n) is 7.93. The standard InChI is InChI=1S/C16H16FN3O6/c1-2-18-14(24)19-10-4-3-9-8(12(10)17)5-6-16(9)13(23)20(7-11(21)22)15(25)26-16/h3-4H,2,5-7H2,1H3,(H,21,22)(H2,18,19,24)/t16-/m0/s1. The Balaban J connectivity index is 1.94. The number of urea groups is 1. The van der Waals surface area contributed by atoms with Crippen LogP contribution in [0.25, 0.3) is 0 Å². The minimum atomic E-state index is -1.72. The molecule has 1 aromatic carbocycles. The fraction of sp³-hybridized carbons (Fsp3) is 0.375. The van der Waals surface area contributed by atoms with Gasteiger partial charge >= 0.3 is 18.1 Å². The molecule has 138 valence electrons. The molecule has 1 heterocycles. The van der Waals surface area contributed by atoms with Gasteiger partial charge in [-0.15, -0.1) is 0 Å². The third-order valence-corrected chi connectivity index (χ3v) is 4.36. The number of ether oxygens (including phenoxy) is 1. The number of hydrogen-bond donors (Lipinski definition) is 3. The number of nitrogens with one attached hydrogen (secondary N) is 2. The molecule has 1 atom stereocenters. The number of halogens is 1. The molecular formula is C16H16FN3O6. The summed E-state index contributed by atoms with van der Waals surface area (Å²) in [6.45, 7) is 1.25. The molecule has 3 N–H and O–H groups in total. The number of anilines is 1. The maximum absolute atomic E-state index is 14.7. The average molecular weight is 365 g/mol. The quantitative estimate of drug-likeness (QED) is 0.736. The fourth-order valence-electron chi connectivity index (χ4n) is 3.25. The van der Waals surface area contributed by atoms with Gasteiger partial charge < -0.3 is 20.5 Å². The van der Waals surface area contributed by atoms with Gasteiger partial charge in [0.25, 0.3) is 5.91 Å². The molecular weight excluding hydrogens is 349 g/mol. The van der Waals surface area contributed by atoms with Crippen LogP contribution in [-0.2, 0) is 26.3 Å². The van der Waals surface area contributed by atoms with Gasteiger partial charge in [0.15, 0.2) is 0 Å². The van der Waals surface area contributed by atoms with Crippen molar-refractivity contribution in [3.63, 3.8) is 0 Å². The molecule has 1 aromatic rings. The third-order valence-electron chi connectivity index (χ3n) is 4.36. The van der Waals surface area contributed by atoms with Gasteiger partial charge in [-0.1, -0.05) is 6.07 Å². The molecule has 1 aliphatic heterocycles. The van der Waals surface area contributed by atoms with Crippen LogP contribution >= 0.6 is 0 Å². The van der Waals surface area contributed by atoms with Crippen molar-refractivity contribution in [2.45, 2.75) is 25.4 Å². The second-order valence-electron chi connectivity index (χ2n) is 5.92. The van der Waals surface area contributed by atoms with Crippen LogP contribution in [0.3, 0.4) is 0 Å². The number of aliphatic carboxylic acids is 1. The van der Waals surface area contributed by atoms with Crippen LogP contribution in [-0.4, -0.2) is 47.1 Å². The van der Waals surface area contributed by atoms with Crippen LogP contribution in [0.4, 0.5) is 19.7 Å². The Morgan fingerprint density at radius 3 is 2.77 bits per heavy atom. The van der Waals surface area contributed by atoms with E-state index in [9.17, 15) is 23.6 Å².